The molecule has 6 fully saturated rings. The van der Waals surface area contributed by atoms with Crippen LogP contribution >= 0.6 is 0 Å². The average Bonchev–Trinajstić information content (AvgIpc) is 3.18. The van der Waals surface area contributed by atoms with Crippen LogP contribution < -0.4 is 0 Å². The van der Waals surface area contributed by atoms with Crippen LogP contribution in [0.25, 0.3) is 0 Å². The smallest absolute Gasteiger partial charge is 0.171 e. The first-order valence-electron chi connectivity index (χ1n) is 13.4. The van der Waals surface area contributed by atoms with Gasteiger partial charge in [0.05, 0.1) is 24.9 Å². The van der Waals surface area contributed by atoms with Crippen molar-refractivity contribution in [3.63, 3.8) is 0 Å². The van der Waals surface area contributed by atoms with E-state index in [4.69, 9.17) is 9.47 Å². The van der Waals surface area contributed by atoms with E-state index in [0.717, 1.165) is 45.1 Å². The highest BCUT2D eigenvalue weighted by Crippen LogP contribution is 2.71. The van der Waals surface area contributed by atoms with Crippen LogP contribution in [-0.4, -0.2) is 40.9 Å². The molecule has 4 aliphatic carbocycles. The zero-order chi connectivity index (χ0) is 21.8. The Morgan fingerprint density at radius 3 is 2.42 bits per heavy atom. The molecule has 2 N–H and O–H groups in total. The molecule has 4 heteroatoms. The largest absolute Gasteiger partial charge is 0.393 e. The van der Waals surface area contributed by atoms with Crippen molar-refractivity contribution in [2.45, 2.75) is 110 Å². The molecule has 13 atom stereocenters. The zero-order valence-corrected chi connectivity index (χ0v) is 20.1. The lowest BCUT2D eigenvalue weighted by Crippen LogP contribution is -2.59. The molecule has 0 bridgehead atoms. The van der Waals surface area contributed by atoms with Crippen molar-refractivity contribution in [3.8, 4) is 0 Å². The van der Waals surface area contributed by atoms with Crippen molar-refractivity contribution in [3.05, 3.63) is 0 Å². The summed E-state index contributed by atoms with van der Waals surface area (Å²) in [7, 11) is 0. The van der Waals surface area contributed by atoms with E-state index < -0.39 is 5.79 Å². The first-order valence-corrected chi connectivity index (χ1v) is 13.4. The lowest BCUT2D eigenvalue weighted by Gasteiger charge is -2.62. The Labute approximate surface area is 188 Å². The molecule has 0 aromatic heterocycles. The van der Waals surface area contributed by atoms with Gasteiger partial charge in [-0.2, -0.15) is 0 Å². The molecule has 0 aromatic rings. The maximum atomic E-state index is 11.8. The predicted octanol–water partition coefficient (Wildman–Crippen LogP) is 4.76. The van der Waals surface area contributed by atoms with Gasteiger partial charge in [0.1, 0.15) is 0 Å². The quantitative estimate of drug-likeness (QED) is 0.579. The van der Waals surface area contributed by atoms with Crippen molar-refractivity contribution in [2.24, 2.45) is 52.3 Å². The third kappa shape index (κ3) is 2.74. The van der Waals surface area contributed by atoms with Gasteiger partial charge in [-0.05, 0) is 86.4 Å². The summed E-state index contributed by atoms with van der Waals surface area (Å²) in [4.78, 5) is 0. The molecule has 31 heavy (non-hydrogen) atoms. The summed E-state index contributed by atoms with van der Waals surface area (Å²) in [5.74, 6) is 3.46. The van der Waals surface area contributed by atoms with Crippen LogP contribution in [-0.2, 0) is 9.47 Å². The third-order valence-corrected chi connectivity index (χ3v) is 12.0. The molecule has 4 nitrogen and oxygen atoms in total. The van der Waals surface area contributed by atoms with E-state index in [2.05, 4.69) is 27.7 Å². The van der Waals surface area contributed by atoms with Crippen LogP contribution in [0.5, 0.6) is 0 Å². The molecule has 0 radical (unpaired) electrons. The van der Waals surface area contributed by atoms with E-state index in [1.165, 1.54) is 19.3 Å². The van der Waals surface area contributed by atoms with Crippen molar-refractivity contribution in [1.82, 2.24) is 0 Å². The van der Waals surface area contributed by atoms with Crippen LogP contribution in [0.15, 0.2) is 0 Å². The molecule has 0 amide bonds. The summed E-state index contributed by atoms with van der Waals surface area (Å²) in [5.41, 5.74) is 0.233. The molecular formula is C27H44O4. The Morgan fingerprint density at radius 1 is 0.871 bits per heavy atom. The lowest BCUT2D eigenvalue weighted by molar-refractivity contribution is -0.274. The molecule has 2 heterocycles. The van der Waals surface area contributed by atoms with E-state index in [1.54, 1.807) is 0 Å². The Balaban J connectivity index is 1.29. The third-order valence-electron chi connectivity index (χ3n) is 12.0. The van der Waals surface area contributed by atoms with Gasteiger partial charge < -0.3 is 19.7 Å². The predicted molar refractivity (Wildman–Crippen MR) is 119 cm³/mol. The van der Waals surface area contributed by atoms with Gasteiger partial charge in [0.25, 0.3) is 0 Å². The van der Waals surface area contributed by atoms with Gasteiger partial charge in [0, 0.05) is 23.7 Å². The van der Waals surface area contributed by atoms with Crippen molar-refractivity contribution in [2.75, 3.05) is 6.61 Å². The summed E-state index contributed by atoms with van der Waals surface area (Å²) in [6.07, 6.45) is 9.70. The van der Waals surface area contributed by atoms with Crippen LogP contribution in [0.4, 0.5) is 0 Å². The fourth-order valence-corrected chi connectivity index (χ4v) is 10.2. The van der Waals surface area contributed by atoms with E-state index in [1.807, 2.05) is 0 Å². The fraction of sp³-hybridized carbons (Fsp3) is 1.00. The van der Waals surface area contributed by atoms with E-state index in [9.17, 15) is 10.2 Å². The molecule has 6 rings (SSSR count). The van der Waals surface area contributed by atoms with Gasteiger partial charge in [-0.3, -0.25) is 0 Å². The molecule has 0 unspecified atom stereocenters. The van der Waals surface area contributed by atoms with Gasteiger partial charge >= 0.3 is 0 Å². The van der Waals surface area contributed by atoms with E-state index >= 15 is 0 Å². The standard InChI is InChI=1S/C27H44O4/c1-15-7-10-27(30-14-15)16(2)24-22(31-27)12-21-19-6-5-17-11-18(28)8-9-25(17,3)20(19)13-23(29)26(21,24)4/h15-24,28-29H,5-14H2,1-4H3/t15-,16-,17-,18-,19+,20-,21-,22-,23+,24-,25-,26+,27+/m0/s1. The Bertz CT molecular complexity index is 716. The molecule has 176 valence electrons. The molecule has 0 aromatic carbocycles. The second-order valence-electron chi connectivity index (χ2n) is 13.2. The van der Waals surface area contributed by atoms with E-state index in [-0.39, 0.29) is 23.7 Å². The first kappa shape index (κ1) is 21.4. The number of aliphatic hydroxyl groups excluding tert-OH is 2. The minimum atomic E-state index is -0.407. The Kier molecular flexibility index (Phi) is 4.78. The molecule has 2 saturated heterocycles. The molecule has 2 aliphatic heterocycles. The maximum absolute atomic E-state index is 11.8. The van der Waals surface area contributed by atoms with Gasteiger partial charge in [-0.1, -0.05) is 27.7 Å². The van der Waals surface area contributed by atoms with Crippen molar-refractivity contribution in [1.29, 1.82) is 0 Å². The molecular weight excluding hydrogens is 388 g/mol. The normalized spacial score (nSPS) is 63.3. The zero-order valence-electron chi connectivity index (χ0n) is 20.1. The second kappa shape index (κ2) is 6.93. The maximum Gasteiger partial charge on any atom is 0.171 e. The highest BCUT2D eigenvalue weighted by atomic mass is 16.7. The monoisotopic (exact) mass is 432 g/mol. The minimum absolute atomic E-state index is 0.0570. The summed E-state index contributed by atoms with van der Waals surface area (Å²) in [6, 6.07) is 0. The van der Waals surface area contributed by atoms with Crippen molar-refractivity contribution >= 4 is 0 Å². The van der Waals surface area contributed by atoms with Crippen LogP contribution in [0, 0.1) is 52.3 Å². The number of rotatable bonds is 0. The highest BCUT2D eigenvalue weighted by molar-refractivity contribution is 5.17. The van der Waals surface area contributed by atoms with Crippen LogP contribution in [0.3, 0.4) is 0 Å². The van der Waals surface area contributed by atoms with Crippen molar-refractivity contribution < 1.29 is 19.7 Å². The van der Waals surface area contributed by atoms with Crippen LogP contribution in [0.2, 0.25) is 0 Å². The number of ether oxygens (including phenoxy) is 2. The summed E-state index contributed by atoms with van der Waals surface area (Å²) < 4.78 is 13.3. The van der Waals surface area contributed by atoms with Gasteiger partial charge in [-0.15, -0.1) is 0 Å². The summed E-state index contributed by atoms with van der Waals surface area (Å²) >= 11 is 0. The second-order valence-corrected chi connectivity index (χ2v) is 13.2. The first-order chi connectivity index (χ1) is 14.7. The average molecular weight is 433 g/mol. The van der Waals surface area contributed by atoms with E-state index in [0.29, 0.717) is 46.8 Å². The molecule has 1 spiro atoms. The summed E-state index contributed by atoms with van der Waals surface area (Å²) in [6.45, 7) is 10.3. The van der Waals surface area contributed by atoms with Crippen LogP contribution in [0.1, 0.15) is 85.5 Å². The number of aliphatic hydroxyl groups is 2. The fourth-order valence-electron chi connectivity index (χ4n) is 10.2. The topological polar surface area (TPSA) is 58.9 Å². The van der Waals surface area contributed by atoms with Gasteiger partial charge in [0.15, 0.2) is 5.79 Å². The number of hydrogen-bond donors (Lipinski definition) is 2. The van der Waals surface area contributed by atoms with Gasteiger partial charge in [-0.25, -0.2) is 0 Å². The minimum Gasteiger partial charge on any atom is -0.393 e. The SMILES string of the molecule is C[C@H]1CC[C@@]2(OC1)O[C@H]1C[C@H]3[C@@H]4CC[C@H]5C[C@@H](O)CC[C@]5(C)[C@H]4C[C@@H](O)[C@]3(C)[C@H]1[C@@H]2C. The lowest BCUT2D eigenvalue weighted by atomic mass is 9.43. The van der Waals surface area contributed by atoms with Gasteiger partial charge in [0.2, 0.25) is 0 Å². The summed E-state index contributed by atoms with van der Waals surface area (Å²) in [5, 5.41) is 22.1. The number of hydrogen-bond acceptors (Lipinski definition) is 4. The Morgan fingerprint density at radius 2 is 1.68 bits per heavy atom. The molecule has 4 saturated carbocycles. The Hall–Kier alpha value is -0.160. The molecule has 6 aliphatic rings. The number of fused-ring (bicyclic) bond motifs is 7. The highest BCUT2D eigenvalue weighted by Gasteiger charge is 2.71.